The van der Waals surface area contributed by atoms with Crippen molar-refractivity contribution in [3.05, 3.63) is 95.9 Å². The molecule has 0 bridgehead atoms. The Kier molecular flexibility index (Phi) is 12.4. The highest BCUT2D eigenvalue weighted by atomic mass is 32.1. The van der Waals surface area contributed by atoms with Gasteiger partial charge in [0.25, 0.3) is 0 Å². The Morgan fingerprint density at radius 3 is 2.31 bits per heavy atom. The summed E-state index contributed by atoms with van der Waals surface area (Å²) in [6.45, 7) is 12.2. The largest absolute Gasteiger partial charge is 0.507 e. The highest BCUT2D eigenvalue weighted by Crippen LogP contribution is 2.32. The van der Waals surface area contributed by atoms with E-state index in [-0.39, 0.29) is 43.1 Å². The quantitative estimate of drug-likeness (QED) is 0.144. The molecule has 4 N–H and O–H groups in total. The molecule has 14 nitrogen and oxygen atoms in total. The molecule has 2 aromatic carbocycles. The van der Waals surface area contributed by atoms with Gasteiger partial charge >= 0.3 is 0 Å². The summed E-state index contributed by atoms with van der Waals surface area (Å²) >= 11 is 1.58. The molecule has 3 amide bonds. The lowest BCUT2D eigenvalue weighted by molar-refractivity contribution is -0.144. The van der Waals surface area contributed by atoms with Gasteiger partial charge in [-0.15, -0.1) is 11.3 Å². The minimum Gasteiger partial charge on any atom is -0.507 e. The molecular weight excluding hydrogens is 767 g/mol. The monoisotopic (exact) mass is 817 g/mol. The van der Waals surface area contributed by atoms with Crippen molar-refractivity contribution in [3.63, 3.8) is 0 Å². The summed E-state index contributed by atoms with van der Waals surface area (Å²) in [5.41, 5.74) is 6.96. The zero-order chi connectivity index (χ0) is 41.8. The number of rotatable bonds is 11. The van der Waals surface area contributed by atoms with Crippen LogP contribution in [0.3, 0.4) is 0 Å². The van der Waals surface area contributed by atoms with Gasteiger partial charge in [-0.25, -0.2) is 9.97 Å². The molecule has 3 aromatic heterocycles. The molecule has 5 aromatic rings. The van der Waals surface area contributed by atoms with Gasteiger partial charge in [0.15, 0.2) is 0 Å². The van der Waals surface area contributed by atoms with Crippen LogP contribution < -0.4 is 15.5 Å². The smallest absolute Gasteiger partial charge is 0.246 e. The van der Waals surface area contributed by atoms with Crippen molar-refractivity contribution >= 4 is 34.9 Å². The molecule has 0 spiro atoms. The first kappa shape index (κ1) is 41.4. The average Bonchev–Trinajstić information content (AvgIpc) is 3.85. The lowest BCUT2D eigenvalue weighted by atomic mass is 9.85. The molecule has 2 saturated heterocycles. The third kappa shape index (κ3) is 9.59. The number of aromatic nitrogens is 4. The Morgan fingerprint density at radius 1 is 0.915 bits per heavy atom. The third-order valence-electron chi connectivity index (χ3n) is 11.0. The first-order valence-electron chi connectivity index (χ1n) is 19.9. The number of carbonyl (C=O) groups excluding carboxylic acids is 3. The number of aromatic hydroxyl groups is 1. The first-order valence-corrected chi connectivity index (χ1v) is 20.8. The van der Waals surface area contributed by atoms with Crippen LogP contribution >= 0.6 is 11.3 Å². The number of aliphatic hydroxyl groups excluding tert-OH is 1. The van der Waals surface area contributed by atoms with Crippen molar-refractivity contribution in [3.8, 4) is 38.6 Å². The van der Waals surface area contributed by atoms with Crippen LogP contribution in [-0.4, -0.2) is 115 Å². The van der Waals surface area contributed by atoms with Crippen LogP contribution in [0.5, 0.6) is 5.75 Å². The standard InChI is InChI=1S/C44H51N9O5S/c1-27(29-10-12-30(13-11-29)40-28(2)46-26-59-40)48-42(57)36-21-33(54)24-53(36)43(58)41(44(3,4)5)49-39(56)25-51-16-18-52(19-17-51)38-15-14-31(22-45-38)32-20-35(50-47-23-32)34-8-6-7-9-37(34)55/h6-15,20,22-23,26-27,33,36,41,54-55H,16-19,21,24-25H2,1-5H3,(H,48,57)(H,49,56)/t27-,33+,36-,41+/m0/s1. The molecular formula is C44H51N9O5S. The Hall–Kier alpha value is -5.77. The van der Waals surface area contributed by atoms with Gasteiger partial charge in [0.1, 0.15) is 23.7 Å². The van der Waals surface area contributed by atoms with Crippen LogP contribution in [-0.2, 0) is 14.4 Å². The molecule has 4 atom stereocenters. The van der Waals surface area contributed by atoms with E-state index in [0.29, 0.717) is 37.4 Å². The number of aliphatic hydroxyl groups is 1. The van der Waals surface area contributed by atoms with E-state index in [2.05, 4.69) is 35.6 Å². The predicted octanol–water partition coefficient (Wildman–Crippen LogP) is 4.84. The van der Waals surface area contributed by atoms with E-state index in [1.54, 1.807) is 41.9 Å². The molecule has 0 aliphatic carbocycles. The number of thiazole rings is 1. The number of phenolic OH excluding ortho intramolecular Hbond substituents is 1. The number of β-amino-alcohol motifs (C(OH)–C–C–N with tert-alkyl or cyclic N) is 1. The molecule has 2 aliphatic heterocycles. The predicted molar refractivity (Wildman–Crippen MR) is 227 cm³/mol. The van der Waals surface area contributed by atoms with E-state index in [1.807, 2.05) is 88.7 Å². The normalized spacial score (nSPS) is 18.3. The van der Waals surface area contributed by atoms with Gasteiger partial charge in [0.05, 0.1) is 46.7 Å². The molecule has 0 unspecified atom stereocenters. The minimum absolute atomic E-state index is 0.00630. The molecule has 0 radical (unpaired) electrons. The van der Waals surface area contributed by atoms with Gasteiger partial charge in [-0.1, -0.05) is 57.2 Å². The van der Waals surface area contributed by atoms with E-state index in [9.17, 15) is 24.6 Å². The van der Waals surface area contributed by atoms with Gasteiger partial charge in [-0.3, -0.25) is 19.3 Å². The zero-order valence-corrected chi connectivity index (χ0v) is 34.8. The van der Waals surface area contributed by atoms with Crippen molar-refractivity contribution in [1.82, 2.24) is 40.6 Å². The summed E-state index contributed by atoms with van der Waals surface area (Å²) in [6, 6.07) is 18.7. The number of carbonyl (C=O) groups is 3. The number of hydrogen-bond donors (Lipinski definition) is 4. The molecule has 0 saturated carbocycles. The van der Waals surface area contributed by atoms with Crippen molar-refractivity contribution in [2.45, 2.75) is 65.3 Å². The first-order chi connectivity index (χ1) is 28.2. The average molecular weight is 818 g/mol. The van der Waals surface area contributed by atoms with Crippen molar-refractivity contribution in [2.75, 3.05) is 44.2 Å². The zero-order valence-electron chi connectivity index (χ0n) is 34.0. The van der Waals surface area contributed by atoms with Gasteiger partial charge in [0, 0.05) is 62.0 Å². The number of nitrogens with one attached hydrogen (secondary N) is 2. The van der Waals surface area contributed by atoms with Crippen LogP contribution in [0, 0.1) is 12.3 Å². The number of phenols is 1. The maximum atomic E-state index is 14.2. The number of hydrogen-bond acceptors (Lipinski definition) is 12. The van der Waals surface area contributed by atoms with Crippen LogP contribution in [0.2, 0.25) is 0 Å². The van der Waals surface area contributed by atoms with Gasteiger partial charge in [-0.2, -0.15) is 10.2 Å². The second-order valence-corrected chi connectivity index (χ2v) is 17.3. The highest BCUT2D eigenvalue weighted by Gasteiger charge is 2.45. The fraction of sp³-hybridized carbons (Fsp3) is 0.386. The molecule has 7 rings (SSSR count). The minimum atomic E-state index is -0.912. The van der Waals surface area contributed by atoms with Crippen LogP contribution in [0.4, 0.5) is 5.82 Å². The summed E-state index contributed by atoms with van der Waals surface area (Å²) in [5.74, 6) is -0.0693. The van der Waals surface area contributed by atoms with E-state index >= 15 is 0 Å². The molecule has 5 heterocycles. The maximum absolute atomic E-state index is 14.2. The summed E-state index contributed by atoms with van der Waals surface area (Å²) in [5, 5.41) is 35.3. The second-order valence-electron chi connectivity index (χ2n) is 16.4. The Labute approximate surface area is 348 Å². The Balaban J connectivity index is 0.924. The fourth-order valence-corrected chi connectivity index (χ4v) is 8.46. The van der Waals surface area contributed by atoms with Crippen molar-refractivity contribution in [1.29, 1.82) is 0 Å². The topological polar surface area (TPSA) is 177 Å². The molecule has 2 fully saturated rings. The van der Waals surface area contributed by atoms with Crippen LogP contribution in [0.25, 0.3) is 32.8 Å². The van der Waals surface area contributed by atoms with E-state index < -0.39 is 29.5 Å². The summed E-state index contributed by atoms with van der Waals surface area (Å²) in [7, 11) is 0. The fourth-order valence-electron chi connectivity index (χ4n) is 7.65. The van der Waals surface area contributed by atoms with Crippen molar-refractivity contribution in [2.24, 2.45) is 5.41 Å². The van der Waals surface area contributed by atoms with Gasteiger partial charge in [0.2, 0.25) is 17.7 Å². The van der Waals surface area contributed by atoms with E-state index in [1.165, 1.54) is 4.90 Å². The highest BCUT2D eigenvalue weighted by molar-refractivity contribution is 7.13. The number of para-hydroxylation sites is 1. The third-order valence-corrected chi connectivity index (χ3v) is 12.0. The Bertz CT molecular complexity index is 2270. The molecule has 15 heteroatoms. The SMILES string of the molecule is Cc1ncsc1-c1ccc([C@H](C)NC(=O)[C@@H]2C[C@@H](O)CN2C(=O)[C@@H](NC(=O)CN2CCN(c3ccc(-c4cnnc(-c5ccccc5O)c4)cn3)CC2)C(C)(C)C)cc1. The Morgan fingerprint density at radius 2 is 1.64 bits per heavy atom. The number of benzene rings is 2. The lowest BCUT2D eigenvalue weighted by Gasteiger charge is -2.37. The number of nitrogens with zero attached hydrogens (tertiary/aromatic N) is 7. The van der Waals surface area contributed by atoms with Crippen LogP contribution in [0.15, 0.2) is 84.6 Å². The maximum Gasteiger partial charge on any atom is 0.246 e. The number of likely N-dealkylation sites (tertiary alicyclic amines) is 1. The molecule has 308 valence electrons. The summed E-state index contributed by atoms with van der Waals surface area (Å²) in [6.07, 6.45) is 2.71. The van der Waals surface area contributed by atoms with Crippen molar-refractivity contribution < 1.29 is 24.6 Å². The number of aryl methyl sites for hydroxylation is 1. The number of amides is 3. The molecule has 59 heavy (non-hydrogen) atoms. The number of anilines is 1. The lowest BCUT2D eigenvalue weighted by Crippen LogP contribution is -2.59. The summed E-state index contributed by atoms with van der Waals surface area (Å²) < 4.78 is 0. The molecule has 2 aliphatic rings. The number of piperazine rings is 1. The van der Waals surface area contributed by atoms with E-state index in [0.717, 1.165) is 38.6 Å². The van der Waals surface area contributed by atoms with Gasteiger partial charge in [-0.05, 0) is 60.7 Å². The summed E-state index contributed by atoms with van der Waals surface area (Å²) in [4.78, 5) is 57.2. The second kappa shape index (κ2) is 17.6. The number of pyridine rings is 1. The van der Waals surface area contributed by atoms with Crippen LogP contribution in [0.1, 0.15) is 51.4 Å². The van der Waals surface area contributed by atoms with Gasteiger partial charge < -0.3 is 30.6 Å². The van der Waals surface area contributed by atoms with E-state index in [4.69, 9.17) is 4.98 Å².